The summed E-state index contributed by atoms with van der Waals surface area (Å²) in [6, 6.07) is 10.2. The van der Waals surface area contributed by atoms with Crippen molar-refractivity contribution in [1.29, 1.82) is 0 Å². The highest BCUT2D eigenvalue weighted by atomic mass is 14.6. The van der Waals surface area contributed by atoms with Gasteiger partial charge in [0.15, 0.2) is 0 Å². The van der Waals surface area contributed by atoms with Gasteiger partial charge in [-0.25, -0.2) is 0 Å². The number of hydrogen-bond donors (Lipinski definition) is 2. The largest absolute Gasteiger partial charge is 0.398 e. The molecule has 17 heavy (non-hydrogen) atoms. The van der Waals surface area contributed by atoms with Crippen LogP contribution in [0.1, 0.15) is 31.7 Å². The van der Waals surface area contributed by atoms with Crippen molar-refractivity contribution in [2.24, 2.45) is 0 Å². The summed E-state index contributed by atoms with van der Waals surface area (Å²) in [7, 11) is 0. The van der Waals surface area contributed by atoms with Crippen molar-refractivity contribution in [3.63, 3.8) is 0 Å². The van der Waals surface area contributed by atoms with Crippen LogP contribution < -0.4 is 11.5 Å². The van der Waals surface area contributed by atoms with Crippen molar-refractivity contribution in [3.05, 3.63) is 35.9 Å². The smallest absolute Gasteiger partial charge is 0.0446 e. The van der Waals surface area contributed by atoms with Gasteiger partial charge in [0.1, 0.15) is 0 Å². The summed E-state index contributed by atoms with van der Waals surface area (Å²) in [6.07, 6.45) is 4.58. The van der Waals surface area contributed by atoms with E-state index in [1.54, 1.807) is 0 Å². The molecule has 0 aromatic heterocycles. The Balaban J connectivity index is 2.41. The van der Waals surface area contributed by atoms with Gasteiger partial charge in [-0.2, -0.15) is 0 Å². The second kappa shape index (κ2) is 5.09. The van der Waals surface area contributed by atoms with Crippen molar-refractivity contribution in [2.75, 3.05) is 11.5 Å². The van der Waals surface area contributed by atoms with Crippen molar-refractivity contribution >= 4 is 22.1 Å². The number of unbranched alkanes of at least 4 members (excludes halogenated alkanes) is 2. The number of nitrogens with two attached hydrogens (primary N) is 2. The third-order valence-corrected chi connectivity index (χ3v) is 3.27. The molecule has 0 fully saturated rings. The van der Waals surface area contributed by atoms with Gasteiger partial charge >= 0.3 is 0 Å². The summed E-state index contributed by atoms with van der Waals surface area (Å²) < 4.78 is 0. The van der Waals surface area contributed by atoms with Crippen LogP contribution in [-0.2, 0) is 6.42 Å². The van der Waals surface area contributed by atoms with Crippen LogP contribution in [0.5, 0.6) is 0 Å². The molecule has 90 valence electrons. The fourth-order valence-corrected chi connectivity index (χ4v) is 2.27. The van der Waals surface area contributed by atoms with Gasteiger partial charge in [-0.1, -0.05) is 44.0 Å². The minimum absolute atomic E-state index is 0.831. The molecule has 2 rings (SSSR count). The number of benzene rings is 2. The number of fused-ring (bicyclic) bond motifs is 1. The first-order chi connectivity index (χ1) is 8.24. The lowest BCUT2D eigenvalue weighted by atomic mass is 9.98. The first-order valence-corrected chi connectivity index (χ1v) is 6.29. The molecule has 2 aromatic rings. The fraction of sp³-hybridized carbons (Fsp3) is 0.333. The van der Waals surface area contributed by atoms with Crippen LogP contribution in [0, 0.1) is 0 Å². The number of rotatable bonds is 4. The lowest BCUT2D eigenvalue weighted by molar-refractivity contribution is 0.719. The van der Waals surface area contributed by atoms with Gasteiger partial charge in [0, 0.05) is 16.8 Å². The molecule has 0 unspecified atom stereocenters. The van der Waals surface area contributed by atoms with Crippen molar-refractivity contribution in [3.8, 4) is 0 Å². The first-order valence-electron chi connectivity index (χ1n) is 6.29. The summed E-state index contributed by atoms with van der Waals surface area (Å²) >= 11 is 0. The van der Waals surface area contributed by atoms with Gasteiger partial charge < -0.3 is 11.5 Å². The van der Waals surface area contributed by atoms with Crippen LogP contribution in [0.3, 0.4) is 0 Å². The Kier molecular flexibility index (Phi) is 3.52. The Morgan fingerprint density at radius 3 is 2.59 bits per heavy atom. The molecule has 0 aliphatic heterocycles. The maximum Gasteiger partial charge on any atom is 0.0446 e. The monoisotopic (exact) mass is 228 g/mol. The molecule has 2 aromatic carbocycles. The Hall–Kier alpha value is -1.70. The first kappa shape index (κ1) is 11.8. The molecule has 0 bridgehead atoms. The molecule has 0 radical (unpaired) electrons. The Bertz CT molecular complexity index is 518. The third kappa shape index (κ3) is 2.36. The minimum atomic E-state index is 0.831. The SMILES string of the molecule is CCCCCc1c(N)cc2ccccc2c1N. The molecule has 0 aliphatic carbocycles. The quantitative estimate of drug-likeness (QED) is 0.618. The van der Waals surface area contributed by atoms with E-state index in [9.17, 15) is 0 Å². The maximum absolute atomic E-state index is 6.22. The zero-order chi connectivity index (χ0) is 12.3. The fourth-order valence-electron chi connectivity index (χ4n) is 2.27. The van der Waals surface area contributed by atoms with Crippen LogP contribution in [-0.4, -0.2) is 0 Å². The van der Waals surface area contributed by atoms with Gasteiger partial charge in [-0.05, 0) is 29.9 Å². The van der Waals surface area contributed by atoms with Crippen LogP contribution in [0.2, 0.25) is 0 Å². The van der Waals surface area contributed by atoms with E-state index in [1.807, 2.05) is 18.2 Å². The average Bonchev–Trinajstić information content (AvgIpc) is 2.33. The minimum Gasteiger partial charge on any atom is -0.398 e. The lowest BCUT2D eigenvalue weighted by Crippen LogP contribution is -2.01. The predicted molar refractivity (Wildman–Crippen MR) is 76.0 cm³/mol. The van der Waals surface area contributed by atoms with Gasteiger partial charge in [-0.3, -0.25) is 0 Å². The molecule has 4 N–H and O–H groups in total. The topological polar surface area (TPSA) is 52.0 Å². The van der Waals surface area contributed by atoms with Crippen LogP contribution in [0.4, 0.5) is 11.4 Å². The van der Waals surface area contributed by atoms with Crippen LogP contribution in [0.25, 0.3) is 10.8 Å². The van der Waals surface area contributed by atoms with E-state index in [0.717, 1.165) is 40.6 Å². The summed E-state index contributed by atoms with van der Waals surface area (Å²) in [5, 5.41) is 2.25. The summed E-state index contributed by atoms with van der Waals surface area (Å²) in [4.78, 5) is 0. The predicted octanol–water partition coefficient (Wildman–Crippen LogP) is 3.74. The van der Waals surface area contributed by atoms with E-state index in [0.29, 0.717) is 0 Å². The second-order valence-corrected chi connectivity index (χ2v) is 4.54. The van der Waals surface area contributed by atoms with Gasteiger partial charge in [0.05, 0.1) is 0 Å². The molecule has 0 saturated carbocycles. The van der Waals surface area contributed by atoms with E-state index in [-0.39, 0.29) is 0 Å². The van der Waals surface area contributed by atoms with Crippen molar-refractivity contribution in [2.45, 2.75) is 32.6 Å². The Morgan fingerprint density at radius 1 is 1.06 bits per heavy atom. The molecule has 0 saturated heterocycles. The van der Waals surface area contributed by atoms with Crippen LogP contribution >= 0.6 is 0 Å². The number of nitrogen functional groups attached to an aromatic ring is 2. The highest BCUT2D eigenvalue weighted by Gasteiger charge is 2.08. The average molecular weight is 228 g/mol. The standard InChI is InChI=1S/C15H20N2/c1-2-3-4-9-13-14(16)10-11-7-5-6-8-12(11)15(13)17/h5-8,10H,2-4,9,16-17H2,1H3. The highest BCUT2D eigenvalue weighted by molar-refractivity contribution is 5.97. The van der Waals surface area contributed by atoms with Gasteiger partial charge in [-0.15, -0.1) is 0 Å². The Morgan fingerprint density at radius 2 is 1.82 bits per heavy atom. The molecule has 2 nitrogen and oxygen atoms in total. The van der Waals surface area contributed by atoms with E-state index in [2.05, 4.69) is 19.1 Å². The number of hydrogen-bond acceptors (Lipinski definition) is 2. The summed E-state index contributed by atoms with van der Waals surface area (Å²) in [5.74, 6) is 0. The van der Waals surface area contributed by atoms with Crippen molar-refractivity contribution in [1.82, 2.24) is 0 Å². The van der Waals surface area contributed by atoms with Crippen molar-refractivity contribution < 1.29 is 0 Å². The molecule has 0 heterocycles. The van der Waals surface area contributed by atoms with E-state index in [1.165, 1.54) is 12.8 Å². The third-order valence-electron chi connectivity index (χ3n) is 3.27. The van der Waals surface area contributed by atoms with Gasteiger partial charge in [0.25, 0.3) is 0 Å². The maximum atomic E-state index is 6.22. The zero-order valence-electron chi connectivity index (χ0n) is 10.4. The molecule has 2 heteroatoms. The summed E-state index contributed by atoms with van der Waals surface area (Å²) in [5.41, 5.74) is 15.1. The van der Waals surface area contributed by atoms with E-state index < -0.39 is 0 Å². The zero-order valence-corrected chi connectivity index (χ0v) is 10.4. The lowest BCUT2D eigenvalue weighted by Gasteiger charge is -2.12. The summed E-state index contributed by atoms with van der Waals surface area (Å²) in [6.45, 7) is 2.20. The number of anilines is 2. The van der Waals surface area contributed by atoms with Crippen LogP contribution in [0.15, 0.2) is 30.3 Å². The Labute approximate surface area is 103 Å². The molecular formula is C15H20N2. The molecule has 0 amide bonds. The molecule has 0 atom stereocenters. The molecular weight excluding hydrogens is 208 g/mol. The van der Waals surface area contributed by atoms with E-state index in [4.69, 9.17) is 11.5 Å². The highest BCUT2D eigenvalue weighted by Crippen LogP contribution is 2.31. The molecule has 0 spiro atoms. The second-order valence-electron chi connectivity index (χ2n) is 4.54. The van der Waals surface area contributed by atoms with E-state index >= 15 is 0 Å². The van der Waals surface area contributed by atoms with Gasteiger partial charge in [0.2, 0.25) is 0 Å². The molecule has 0 aliphatic rings. The normalized spacial score (nSPS) is 10.9.